The molecule has 2 aliphatic heterocycles. The van der Waals surface area contributed by atoms with Gasteiger partial charge >= 0.3 is 0 Å². The average Bonchev–Trinajstić information content (AvgIpc) is 3.29. The van der Waals surface area contributed by atoms with Crippen LogP contribution in [0.3, 0.4) is 0 Å². The lowest BCUT2D eigenvalue weighted by Crippen LogP contribution is -2.45. The highest BCUT2D eigenvalue weighted by Crippen LogP contribution is 2.29. The van der Waals surface area contributed by atoms with E-state index in [1.54, 1.807) is 0 Å². The third-order valence-corrected chi connectivity index (χ3v) is 5.68. The van der Waals surface area contributed by atoms with Crippen molar-refractivity contribution in [1.82, 2.24) is 15.2 Å². The third kappa shape index (κ3) is 3.42. The van der Waals surface area contributed by atoms with Crippen molar-refractivity contribution in [3.05, 3.63) is 36.0 Å². The van der Waals surface area contributed by atoms with Gasteiger partial charge in [0.05, 0.1) is 6.10 Å². The van der Waals surface area contributed by atoms with E-state index in [1.165, 1.54) is 23.0 Å². The van der Waals surface area contributed by atoms with Crippen LogP contribution in [0.5, 0.6) is 0 Å². The van der Waals surface area contributed by atoms with Gasteiger partial charge in [-0.15, -0.1) is 0 Å². The van der Waals surface area contributed by atoms with E-state index >= 15 is 0 Å². The predicted molar refractivity (Wildman–Crippen MR) is 101 cm³/mol. The van der Waals surface area contributed by atoms with Crippen molar-refractivity contribution in [3.63, 3.8) is 0 Å². The number of rotatable bonds is 3. The summed E-state index contributed by atoms with van der Waals surface area (Å²) < 4.78 is 5.65. The third-order valence-electron chi connectivity index (χ3n) is 5.28. The second-order valence-corrected chi connectivity index (χ2v) is 7.28. The monoisotopic (exact) mass is 343 g/mol. The summed E-state index contributed by atoms with van der Waals surface area (Å²) in [6, 6.07) is 10.8. The Morgan fingerprint density at radius 1 is 1.25 bits per heavy atom. The average molecular weight is 343 g/mol. The Bertz CT molecular complexity index is 666. The first-order valence-electron chi connectivity index (χ1n) is 9.01. The zero-order valence-electron chi connectivity index (χ0n) is 14.0. The summed E-state index contributed by atoms with van der Waals surface area (Å²) in [4.78, 5) is 5.90. The number of hydrogen-bond donors (Lipinski definition) is 2. The summed E-state index contributed by atoms with van der Waals surface area (Å²) >= 11 is 5.57. The lowest BCUT2D eigenvalue weighted by molar-refractivity contribution is 0.113. The lowest BCUT2D eigenvalue weighted by atomic mass is 9.94. The fourth-order valence-electron chi connectivity index (χ4n) is 3.83. The Hall–Kier alpha value is -1.59. The molecule has 0 saturated carbocycles. The minimum atomic E-state index is 0.340. The van der Waals surface area contributed by atoms with Crippen LogP contribution in [0.1, 0.15) is 37.3 Å². The minimum Gasteiger partial charge on any atom is -0.376 e. The number of hydrogen-bond acceptors (Lipinski definition) is 2. The van der Waals surface area contributed by atoms with Crippen LogP contribution in [-0.2, 0) is 4.74 Å². The SMILES string of the molecule is S=C(NCC1CCCO1)N1CCC(c2cc3ccccc3[nH]2)CC1. The van der Waals surface area contributed by atoms with Crippen LogP contribution in [-0.4, -0.2) is 47.3 Å². The van der Waals surface area contributed by atoms with Gasteiger partial charge in [0.1, 0.15) is 0 Å². The summed E-state index contributed by atoms with van der Waals surface area (Å²) in [5, 5.41) is 5.59. The highest BCUT2D eigenvalue weighted by atomic mass is 32.1. The molecule has 2 N–H and O–H groups in total. The van der Waals surface area contributed by atoms with E-state index in [0.717, 1.165) is 50.6 Å². The molecule has 0 spiro atoms. The zero-order valence-corrected chi connectivity index (χ0v) is 14.8. The van der Waals surface area contributed by atoms with Gasteiger partial charge in [-0.1, -0.05) is 18.2 Å². The second kappa shape index (κ2) is 7.11. The normalized spacial score (nSPS) is 22.2. The van der Waals surface area contributed by atoms with Gasteiger partial charge in [-0.05, 0) is 55.4 Å². The Morgan fingerprint density at radius 3 is 2.83 bits per heavy atom. The Morgan fingerprint density at radius 2 is 2.08 bits per heavy atom. The molecule has 1 atom stereocenters. The van der Waals surface area contributed by atoms with Crippen LogP contribution in [0.25, 0.3) is 10.9 Å². The van der Waals surface area contributed by atoms with Gasteiger partial charge in [-0.2, -0.15) is 0 Å². The number of ether oxygens (including phenoxy) is 1. The number of benzene rings is 1. The van der Waals surface area contributed by atoms with Gasteiger partial charge < -0.3 is 19.9 Å². The van der Waals surface area contributed by atoms with E-state index in [-0.39, 0.29) is 0 Å². The first-order valence-corrected chi connectivity index (χ1v) is 9.42. The molecule has 0 amide bonds. The molecule has 128 valence electrons. The van der Waals surface area contributed by atoms with Crippen molar-refractivity contribution in [2.24, 2.45) is 0 Å². The molecular weight excluding hydrogens is 318 g/mol. The van der Waals surface area contributed by atoms with Crippen LogP contribution in [0.4, 0.5) is 0 Å². The molecule has 4 nitrogen and oxygen atoms in total. The molecule has 0 aliphatic carbocycles. The van der Waals surface area contributed by atoms with Crippen molar-refractivity contribution < 1.29 is 4.74 Å². The number of aromatic amines is 1. The molecule has 5 heteroatoms. The van der Waals surface area contributed by atoms with Gasteiger partial charge in [0.25, 0.3) is 0 Å². The Balaban J connectivity index is 1.30. The van der Waals surface area contributed by atoms with Gasteiger partial charge in [0.15, 0.2) is 5.11 Å². The summed E-state index contributed by atoms with van der Waals surface area (Å²) in [5.74, 6) is 0.606. The highest BCUT2D eigenvalue weighted by Gasteiger charge is 2.24. The number of nitrogens with zero attached hydrogens (tertiary/aromatic N) is 1. The largest absolute Gasteiger partial charge is 0.376 e. The summed E-state index contributed by atoms with van der Waals surface area (Å²) in [6.45, 7) is 3.80. The van der Waals surface area contributed by atoms with E-state index in [0.29, 0.717) is 12.0 Å². The molecule has 0 bridgehead atoms. The predicted octanol–water partition coefficient (Wildman–Crippen LogP) is 3.40. The quantitative estimate of drug-likeness (QED) is 0.838. The Labute approximate surface area is 148 Å². The van der Waals surface area contributed by atoms with Crippen molar-refractivity contribution in [3.8, 4) is 0 Å². The summed E-state index contributed by atoms with van der Waals surface area (Å²) in [5.41, 5.74) is 2.61. The Kier molecular flexibility index (Phi) is 4.72. The van der Waals surface area contributed by atoms with Crippen LogP contribution < -0.4 is 5.32 Å². The van der Waals surface area contributed by atoms with Gasteiger partial charge in [0, 0.05) is 43.4 Å². The standard InChI is InChI=1S/C19H25N3OS/c24-19(20-13-16-5-3-11-23-16)22-9-7-14(8-10-22)18-12-15-4-1-2-6-17(15)21-18/h1-2,4,6,12,14,16,21H,3,5,7-11,13H2,(H,20,24). The molecule has 4 rings (SSSR count). The van der Waals surface area contributed by atoms with E-state index < -0.39 is 0 Å². The molecule has 24 heavy (non-hydrogen) atoms. The summed E-state index contributed by atoms with van der Waals surface area (Å²) in [7, 11) is 0. The van der Waals surface area contributed by atoms with Crippen molar-refractivity contribution in [2.45, 2.75) is 37.7 Å². The van der Waals surface area contributed by atoms with Crippen LogP contribution in [0.15, 0.2) is 30.3 Å². The smallest absolute Gasteiger partial charge is 0.169 e. The number of H-pyrrole nitrogens is 1. The van der Waals surface area contributed by atoms with Gasteiger partial charge in [-0.25, -0.2) is 0 Å². The molecule has 2 fully saturated rings. The maximum Gasteiger partial charge on any atom is 0.169 e. The maximum atomic E-state index is 5.65. The van der Waals surface area contributed by atoms with Gasteiger partial charge in [-0.3, -0.25) is 0 Å². The molecule has 1 unspecified atom stereocenters. The number of nitrogens with one attached hydrogen (secondary N) is 2. The molecule has 2 aromatic rings. The molecule has 1 aromatic carbocycles. The van der Waals surface area contributed by atoms with E-state index in [4.69, 9.17) is 17.0 Å². The first kappa shape index (κ1) is 15.9. The number of aromatic nitrogens is 1. The van der Waals surface area contributed by atoms with E-state index in [1.807, 2.05) is 0 Å². The molecule has 3 heterocycles. The lowest BCUT2D eigenvalue weighted by Gasteiger charge is -2.33. The number of para-hydroxylation sites is 1. The fourth-order valence-corrected chi connectivity index (χ4v) is 4.09. The first-order chi connectivity index (χ1) is 11.8. The molecule has 2 aliphatic rings. The summed E-state index contributed by atoms with van der Waals surface area (Å²) in [6.07, 6.45) is 4.96. The highest BCUT2D eigenvalue weighted by molar-refractivity contribution is 7.80. The fraction of sp³-hybridized carbons (Fsp3) is 0.526. The number of thiocarbonyl (C=S) groups is 1. The zero-order chi connectivity index (χ0) is 16.4. The number of likely N-dealkylation sites (tertiary alicyclic amines) is 1. The van der Waals surface area contributed by atoms with Crippen LogP contribution in [0, 0.1) is 0 Å². The molecule has 1 aromatic heterocycles. The number of fused-ring (bicyclic) bond motifs is 1. The van der Waals surface area contributed by atoms with E-state index in [2.05, 4.69) is 45.5 Å². The van der Waals surface area contributed by atoms with Crippen LogP contribution >= 0.6 is 12.2 Å². The van der Waals surface area contributed by atoms with Gasteiger partial charge in [0.2, 0.25) is 0 Å². The molecule has 0 radical (unpaired) electrons. The molecule has 2 saturated heterocycles. The molecular formula is C19H25N3OS. The van der Waals surface area contributed by atoms with Crippen molar-refractivity contribution >= 4 is 28.2 Å². The topological polar surface area (TPSA) is 40.3 Å². The maximum absolute atomic E-state index is 5.65. The second-order valence-electron chi connectivity index (χ2n) is 6.89. The minimum absolute atomic E-state index is 0.340. The van der Waals surface area contributed by atoms with E-state index in [9.17, 15) is 0 Å². The number of piperidine rings is 1. The van der Waals surface area contributed by atoms with Crippen molar-refractivity contribution in [2.75, 3.05) is 26.2 Å². The van der Waals surface area contributed by atoms with Crippen molar-refractivity contribution in [1.29, 1.82) is 0 Å². The van der Waals surface area contributed by atoms with Crippen LogP contribution in [0.2, 0.25) is 0 Å².